The normalized spacial score (nSPS) is 10.0. The van der Waals surface area contributed by atoms with Crippen LogP contribution in [0.4, 0.5) is 8.78 Å². The number of benzene rings is 1. The molecule has 1 aromatic carbocycles. The number of aryl methyl sites for hydroxylation is 1. The van der Waals surface area contributed by atoms with E-state index in [1.165, 1.54) is 13.2 Å². The third-order valence-corrected chi connectivity index (χ3v) is 1.98. The van der Waals surface area contributed by atoms with Gasteiger partial charge in [0.15, 0.2) is 11.6 Å². The Bertz CT molecular complexity index is 361. The second-order valence-corrected chi connectivity index (χ2v) is 2.91. The zero-order chi connectivity index (χ0) is 10.7. The summed E-state index contributed by atoms with van der Waals surface area (Å²) in [7, 11) is 1.20. The number of hydrogen-bond acceptors (Lipinski definition) is 2. The largest absolute Gasteiger partial charge is 0.469 e. The standard InChI is InChI=1S/C10H10F2O2/c1-6-3-4-8(11)10(12)7(6)5-9(13)14-2/h3-4H,5H2,1-2H3. The number of methoxy groups -OCH3 is 1. The van der Waals surface area contributed by atoms with Crippen molar-refractivity contribution in [2.75, 3.05) is 7.11 Å². The van der Waals surface area contributed by atoms with Gasteiger partial charge in [-0.3, -0.25) is 4.79 Å². The first-order valence-corrected chi connectivity index (χ1v) is 4.06. The molecule has 0 bridgehead atoms. The molecule has 0 saturated heterocycles. The predicted molar refractivity (Wildman–Crippen MR) is 46.8 cm³/mol. The number of ether oxygens (including phenoxy) is 1. The molecule has 0 fully saturated rings. The Morgan fingerprint density at radius 3 is 2.64 bits per heavy atom. The molecule has 0 heterocycles. The van der Waals surface area contributed by atoms with Gasteiger partial charge in [0.05, 0.1) is 13.5 Å². The van der Waals surface area contributed by atoms with Crippen molar-refractivity contribution >= 4 is 5.97 Å². The molecule has 0 aromatic heterocycles. The number of rotatable bonds is 2. The van der Waals surface area contributed by atoms with Gasteiger partial charge in [0.1, 0.15) is 0 Å². The van der Waals surface area contributed by atoms with E-state index in [9.17, 15) is 13.6 Å². The van der Waals surface area contributed by atoms with E-state index < -0.39 is 17.6 Å². The van der Waals surface area contributed by atoms with Gasteiger partial charge in [0.25, 0.3) is 0 Å². The van der Waals surface area contributed by atoms with Crippen molar-refractivity contribution < 1.29 is 18.3 Å². The maximum Gasteiger partial charge on any atom is 0.310 e. The minimum atomic E-state index is -0.976. The van der Waals surface area contributed by atoms with E-state index in [1.807, 2.05) is 0 Å². The summed E-state index contributed by atoms with van der Waals surface area (Å²) in [5, 5.41) is 0. The van der Waals surface area contributed by atoms with E-state index in [0.717, 1.165) is 6.07 Å². The molecule has 0 N–H and O–H groups in total. The molecular formula is C10H10F2O2. The average molecular weight is 200 g/mol. The van der Waals surface area contributed by atoms with Gasteiger partial charge in [-0.1, -0.05) is 6.07 Å². The lowest BCUT2D eigenvalue weighted by molar-refractivity contribution is -0.139. The van der Waals surface area contributed by atoms with Crippen LogP contribution in [0.5, 0.6) is 0 Å². The smallest absolute Gasteiger partial charge is 0.310 e. The number of carbonyl (C=O) groups excluding carboxylic acids is 1. The molecule has 1 aromatic rings. The van der Waals surface area contributed by atoms with E-state index in [1.54, 1.807) is 6.92 Å². The van der Waals surface area contributed by atoms with Gasteiger partial charge in [-0.2, -0.15) is 0 Å². The molecule has 0 atom stereocenters. The van der Waals surface area contributed by atoms with Crippen molar-refractivity contribution in [1.82, 2.24) is 0 Å². The minimum absolute atomic E-state index is 0.0526. The van der Waals surface area contributed by atoms with Crippen LogP contribution in [-0.2, 0) is 16.0 Å². The quantitative estimate of drug-likeness (QED) is 0.682. The molecule has 0 aliphatic heterocycles. The zero-order valence-corrected chi connectivity index (χ0v) is 7.93. The van der Waals surface area contributed by atoms with Gasteiger partial charge in [0, 0.05) is 5.56 Å². The summed E-state index contributed by atoms with van der Waals surface area (Å²) in [5.41, 5.74) is 0.589. The van der Waals surface area contributed by atoms with Crippen molar-refractivity contribution in [2.24, 2.45) is 0 Å². The Morgan fingerprint density at radius 2 is 2.07 bits per heavy atom. The highest BCUT2D eigenvalue weighted by molar-refractivity contribution is 5.72. The SMILES string of the molecule is COC(=O)Cc1c(C)ccc(F)c1F. The van der Waals surface area contributed by atoms with Crippen molar-refractivity contribution in [3.63, 3.8) is 0 Å². The highest BCUT2D eigenvalue weighted by Crippen LogP contribution is 2.17. The van der Waals surface area contributed by atoms with Crippen LogP contribution in [0, 0.1) is 18.6 Å². The molecule has 76 valence electrons. The van der Waals surface area contributed by atoms with Crippen LogP contribution < -0.4 is 0 Å². The van der Waals surface area contributed by atoms with E-state index in [4.69, 9.17) is 0 Å². The van der Waals surface area contributed by atoms with Gasteiger partial charge >= 0.3 is 5.97 Å². The fourth-order valence-corrected chi connectivity index (χ4v) is 1.12. The zero-order valence-electron chi connectivity index (χ0n) is 7.93. The fraction of sp³-hybridized carbons (Fsp3) is 0.300. The summed E-state index contributed by atoms with van der Waals surface area (Å²) in [4.78, 5) is 10.9. The van der Waals surface area contributed by atoms with Crippen LogP contribution >= 0.6 is 0 Å². The number of halogens is 2. The molecule has 1 rings (SSSR count). The van der Waals surface area contributed by atoms with Crippen LogP contribution in [-0.4, -0.2) is 13.1 Å². The Labute approximate surface area is 80.5 Å². The van der Waals surface area contributed by atoms with Crippen molar-refractivity contribution in [1.29, 1.82) is 0 Å². The molecule has 4 heteroatoms. The molecule has 0 spiro atoms. The van der Waals surface area contributed by atoms with Crippen LogP contribution in [0.15, 0.2) is 12.1 Å². The second kappa shape index (κ2) is 4.17. The van der Waals surface area contributed by atoms with Crippen LogP contribution in [0.3, 0.4) is 0 Å². The first-order chi connectivity index (χ1) is 6.56. The van der Waals surface area contributed by atoms with Crippen LogP contribution in [0.25, 0.3) is 0 Å². The highest BCUT2D eigenvalue weighted by atomic mass is 19.2. The van der Waals surface area contributed by atoms with Gasteiger partial charge in [-0.05, 0) is 18.6 Å². The monoisotopic (exact) mass is 200 g/mol. The molecule has 0 aliphatic carbocycles. The average Bonchev–Trinajstić information content (AvgIpc) is 2.18. The van der Waals surface area contributed by atoms with Gasteiger partial charge in [-0.15, -0.1) is 0 Å². The minimum Gasteiger partial charge on any atom is -0.469 e. The second-order valence-electron chi connectivity index (χ2n) is 2.91. The topological polar surface area (TPSA) is 26.3 Å². The Morgan fingerprint density at radius 1 is 1.43 bits per heavy atom. The summed E-state index contributed by atoms with van der Waals surface area (Å²) in [6.45, 7) is 1.61. The summed E-state index contributed by atoms with van der Waals surface area (Å²) in [6, 6.07) is 2.46. The molecule has 14 heavy (non-hydrogen) atoms. The number of hydrogen-bond donors (Lipinski definition) is 0. The third kappa shape index (κ3) is 2.07. The first kappa shape index (κ1) is 10.6. The van der Waals surface area contributed by atoms with E-state index in [0.29, 0.717) is 5.56 Å². The maximum atomic E-state index is 13.2. The summed E-state index contributed by atoms with van der Waals surface area (Å²) < 4.78 is 30.3. The molecular weight excluding hydrogens is 190 g/mol. The highest BCUT2D eigenvalue weighted by Gasteiger charge is 2.14. The number of esters is 1. The van der Waals surface area contributed by atoms with Crippen molar-refractivity contribution in [3.8, 4) is 0 Å². The van der Waals surface area contributed by atoms with Crippen molar-refractivity contribution in [3.05, 3.63) is 34.9 Å². The third-order valence-electron chi connectivity index (χ3n) is 1.98. The lowest BCUT2D eigenvalue weighted by Crippen LogP contribution is -2.08. The molecule has 2 nitrogen and oxygen atoms in total. The molecule has 0 saturated carbocycles. The molecule has 0 amide bonds. The van der Waals surface area contributed by atoms with Crippen LogP contribution in [0.1, 0.15) is 11.1 Å². The van der Waals surface area contributed by atoms with Gasteiger partial charge < -0.3 is 4.74 Å². The summed E-state index contributed by atoms with van der Waals surface area (Å²) in [5.74, 6) is -2.51. The fourth-order valence-electron chi connectivity index (χ4n) is 1.12. The van der Waals surface area contributed by atoms with Crippen LogP contribution in [0.2, 0.25) is 0 Å². The summed E-state index contributed by atoms with van der Waals surface area (Å²) >= 11 is 0. The van der Waals surface area contributed by atoms with E-state index in [-0.39, 0.29) is 12.0 Å². The molecule has 0 aliphatic rings. The Balaban J connectivity index is 3.06. The lowest BCUT2D eigenvalue weighted by Gasteiger charge is -2.06. The summed E-state index contributed by atoms with van der Waals surface area (Å²) in [6.07, 6.45) is -0.244. The molecule has 0 unspecified atom stereocenters. The molecule has 0 radical (unpaired) electrons. The number of carbonyl (C=O) groups is 1. The van der Waals surface area contributed by atoms with E-state index >= 15 is 0 Å². The lowest BCUT2D eigenvalue weighted by atomic mass is 10.1. The van der Waals surface area contributed by atoms with Gasteiger partial charge in [0.2, 0.25) is 0 Å². The van der Waals surface area contributed by atoms with E-state index in [2.05, 4.69) is 4.74 Å². The maximum absolute atomic E-state index is 13.2. The van der Waals surface area contributed by atoms with Gasteiger partial charge in [-0.25, -0.2) is 8.78 Å². The predicted octanol–water partition coefficient (Wildman–Crippen LogP) is 1.99. The first-order valence-electron chi connectivity index (χ1n) is 4.06. The Hall–Kier alpha value is -1.45. The Kier molecular flexibility index (Phi) is 3.17. The van der Waals surface area contributed by atoms with Crippen molar-refractivity contribution in [2.45, 2.75) is 13.3 Å².